The minimum Gasteiger partial charge on any atom is -0.352 e. The molecule has 4 nitrogen and oxygen atoms in total. The molecule has 0 aromatic rings. The van der Waals surface area contributed by atoms with Crippen LogP contribution in [-0.4, -0.2) is 43.0 Å². The van der Waals surface area contributed by atoms with Crippen LogP contribution in [0.3, 0.4) is 0 Å². The van der Waals surface area contributed by atoms with E-state index in [-0.39, 0.29) is 17.9 Å². The summed E-state index contributed by atoms with van der Waals surface area (Å²) in [6.45, 7) is 0. The van der Waals surface area contributed by atoms with Crippen LogP contribution in [0.2, 0.25) is 0 Å². The van der Waals surface area contributed by atoms with E-state index in [0.29, 0.717) is 12.1 Å². The van der Waals surface area contributed by atoms with Gasteiger partial charge in [-0.3, -0.25) is 4.79 Å². The Labute approximate surface area is 110 Å². The number of hydrogen-bond acceptors (Lipinski definition) is 3. The quantitative estimate of drug-likeness (QED) is 0.792. The van der Waals surface area contributed by atoms with Crippen molar-refractivity contribution in [3.63, 3.8) is 0 Å². The molecule has 0 aliphatic heterocycles. The molecule has 2 rings (SSSR count). The van der Waals surface area contributed by atoms with Gasteiger partial charge in [0, 0.05) is 24.0 Å². The molecule has 0 aromatic heterocycles. The second kappa shape index (κ2) is 6.02. The third-order valence-electron chi connectivity index (χ3n) is 4.56. The Morgan fingerprint density at radius 3 is 2.50 bits per heavy atom. The lowest BCUT2D eigenvalue weighted by Gasteiger charge is -2.37. The van der Waals surface area contributed by atoms with Gasteiger partial charge in [-0.25, -0.2) is 0 Å². The van der Waals surface area contributed by atoms with Gasteiger partial charge in [-0.05, 0) is 46.2 Å². The number of carbonyl (C=O) groups is 1. The molecule has 2 aliphatic rings. The summed E-state index contributed by atoms with van der Waals surface area (Å²) in [6, 6.07) is 1.06. The predicted molar refractivity (Wildman–Crippen MR) is 73.2 cm³/mol. The van der Waals surface area contributed by atoms with Gasteiger partial charge < -0.3 is 16.0 Å². The molecule has 0 aromatic carbocycles. The average Bonchev–Trinajstić information content (AvgIpc) is 2.76. The van der Waals surface area contributed by atoms with E-state index in [1.165, 1.54) is 19.3 Å². The maximum Gasteiger partial charge on any atom is 0.223 e. The molecule has 2 aliphatic carbocycles. The molecule has 0 heterocycles. The van der Waals surface area contributed by atoms with E-state index in [1.54, 1.807) is 0 Å². The molecular weight excluding hydrogens is 226 g/mol. The summed E-state index contributed by atoms with van der Waals surface area (Å²) >= 11 is 0. The lowest BCUT2D eigenvalue weighted by molar-refractivity contribution is -0.126. The predicted octanol–water partition coefficient (Wildman–Crippen LogP) is 1.10. The number of rotatable bonds is 3. The molecule has 2 fully saturated rings. The van der Waals surface area contributed by atoms with Crippen LogP contribution in [0.5, 0.6) is 0 Å². The van der Waals surface area contributed by atoms with Crippen molar-refractivity contribution in [2.24, 2.45) is 11.7 Å². The van der Waals surface area contributed by atoms with Crippen molar-refractivity contribution >= 4 is 5.91 Å². The largest absolute Gasteiger partial charge is 0.352 e. The number of nitrogens with two attached hydrogens (primary N) is 1. The van der Waals surface area contributed by atoms with Crippen molar-refractivity contribution in [2.75, 3.05) is 14.1 Å². The van der Waals surface area contributed by atoms with Crippen molar-refractivity contribution in [3.8, 4) is 0 Å². The molecule has 2 saturated carbocycles. The van der Waals surface area contributed by atoms with Crippen molar-refractivity contribution in [1.29, 1.82) is 0 Å². The Morgan fingerprint density at radius 1 is 1.17 bits per heavy atom. The summed E-state index contributed by atoms with van der Waals surface area (Å²) in [4.78, 5) is 14.5. The number of amides is 1. The van der Waals surface area contributed by atoms with Gasteiger partial charge in [0.2, 0.25) is 5.91 Å². The SMILES string of the molecule is CN(C)[C@H]1CCCC[C@@H]1NC(=O)[C@@H]1CC[C@H](N)C1. The zero-order chi connectivity index (χ0) is 13.1. The Hall–Kier alpha value is -0.610. The monoisotopic (exact) mass is 253 g/mol. The Kier molecular flexibility index (Phi) is 4.62. The summed E-state index contributed by atoms with van der Waals surface area (Å²) in [5, 5.41) is 3.28. The molecule has 1 amide bonds. The molecule has 4 atom stereocenters. The summed E-state index contributed by atoms with van der Waals surface area (Å²) in [7, 11) is 4.22. The van der Waals surface area contributed by atoms with Crippen LogP contribution in [0, 0.1) is 5.92 Å². The van der Waals surface area contributed by atoms with Crippen LogP contribution >= 0.6 is 0 Å². The lowest BCUT2D eigenvalue weighted by Crippen LogP contribution is -2.52. The highest BCUT2D eigenvalue weighted by atomic mass is 16.2. The minimum absolute atomic E-state index is 0.157. The van der Waals surface area contributed by atoms with Gasteiger partial charge in [0.15, 0.2) is 0 Å². The van der Waals surface area contributed by atoms with E-state index in [9.17, 15) is 4.79 Å². The number of hydrogen-bond donors (Lipinski definition) is 2. The second-order valence-electron chi connectivity index (χ2n) is 6.20. The van der Waals surface area contributed by atoms with E-state index in [2.05, 4.69) is 24.3 Å². The average molecular weight is 253 g/mol. The van der Waals surface area contributed by atoms with Crippen LogP contribution in [0.25, 0.3) is 0 Å². The molecule has 4 heteroatoms. The molecule has 0 bridgehead atoms. The van der Waals surface area contributed by atoms with E-state index < -0.39 is 0 Å². The van der Waals surface area contributed by atoms with Crippen molar-refractivity contribution < 1.29 is 4.79 Å². The highest BCUT2D eigenvalue weighted by molar-refractivity contribution is 5.79. The molecule has 3 N–H and O–H groups in total. The van der Waals surface area contributed by atoms with Gasteiger partial charge >= 0.3 is 0 Å². The first-order valence-corrected chi connectivity index (χ1v) is 7.30. The summed E-state index contributed by atoms with van der Waals surface area (Å²) in [5.74, 6) is 0.395. The number of nitrogens with zero attached hydrogens (tertiary/aromatic N) is 1. The fourth-order valence-electron chi connectivity index (χ4n) is 3.45. The third kappa shape index (κ3) is 3.23. The normalized spacial score (nSPS) is 36.9. The molecule has 0 spiro atoms. The maximum atomic E-state index is 12.2. The number of likely N-dealkylation sites (N-methyl/N-ethyl adjacent to an activating group) is 1. The fraction of sp³-hybridized carbons (Fsp3) is 0.929. The molecule has 0 radical (unpaired) electrons. The third-order valence-corrected chi connectivity index (χ3v) is 4.56. The van der Waals surface area contributed by atoms with Crippen LogP contribution in [0.15, 0.2) is 0 Å². The Bertz CT molecular complexity index is 293. The van der Waals surface area contributed by atoms with E-state index >= 15 is 0 Å². The van der Waals surface area contributed by atoms with E-state index in [4.69, 9.17) is 5.73 Å². The van der Waals surface area contributed by atoms with Gasteiger partial charge in [-0.15, -0.1) is 0 Å². The lowest BCUT2D eigenvalue weighted by atomic mass is 9.89. The van der Waals surface area contributed by atoms with Crippen LogP contribution < -0.4 is 11.1 Å². The highest BCUT2D eigenvalue weighted by Crippen LogP contribution is 2.26. The van der Waals surface area contributed by atoms with Gasteiger partial charge in [-0.2, -0.15) is 0 Å². The molecule has 104 valence electrons. The zero-order valence-electron chi connectivity index (χ0n) is 11.7. The summed E-state index contributed by atoms with van der Waals surface area (Å²) in [5.41, 5.74) is 5.88. The number of carbonyl (C=O) groups excluding carboxylic acids is 1. The van der Waals surface area contributed by atoms with Gasteiger partial charge in [0.05, 0.1) is 0 Å². The standard InChI is InChI=1S/C14H27N3O/c1-17(2)13-6-4-3-5-12(13)16-14(18)10-7-8-11(15)9-10/h10-13H,3-9,15H2,1-2H3,(H,16,18)/t10-,11+,12+,13+/m1/s1. The first kappa shape index (κ1) is 13.8. The van der Waals surface area contributed by atoms with Gasteiger partial charge in [-0.1, -0.05) is 12.8 Å². The summed E-state index contributed by atoms with van der Waals surface area (Å²) < 4.78 is 0. The van der Waals surface area contributed by atoms with E-state index in [1.807, 2.05) is 0 Å². The smallest absolute Gasteiger partial charge is 0.223 e. The van der Waals surface area contributed by atoms with E-state index in [0.717, 1.165) is 25.7 Å². The van der Waals surface area contributed by atoms with Gasteiger partial charge in [0.25, 0.3) is 0 Å². The first-order valence-electron chi connectivity index (χ1n) is 7.30. The maximum absolute atomic E-state index is 12.2. The van der Waals surface area contributed by atoms with Crippen molar-refractivity contribution in [1.82, 2.24) is 10.2 Å². The summed E-state index contributed by atoms with van der Waals surface area (Å²) in [6.07, 6.45) is 7.66. The van der Waals surface area contributed by atoms with Crippen LogP contribution in [0.1, 0.15) is 44.9 Å². The fourth-order valence-corrected chi connectivity index (χ4v) is 3.45. The highest BCUT2D eigenvalue weighted by Gasteiger charge is 2.32. The van der Waals surface area contributed by atoms with Crippen LogP contribution in [0.4, 0.5) is 0 Å². The molecule has 0 saturated heterocycles. The second-order valence-corrected chi connectivity index (χ2v) is 6.20. The molecular formula is C14H27N3O. The van der Waals surface area contributed by atoms with Crippen LogP contribution in [-0.2, 0) is 4.79 Å². The zero-order valence-corrected chi connectivity index (χ0v) is 11.7. The topological polar surface area (TPSA) is 58.4 Å². The first-order chi connectivity index (χ1) is 8.58. The van der Waals surface area contributed by atoms with Crippen molar-refractivity contribution in [3.05, 3.63) is 0 Å². The van der Waals surface area contributed by atoms with Crippen molar-refractivity contribution in [2.45, 2.75) is 63.1 Å². The number of nitrogens with one attached hydrogen (secondary N) is 1. The Morgan fingerprint density at radius 2 is 1.89 bits per heavy atom. The minimum atomic E-state index is 0.157. The Balaban J connectivity index is 1.88. The van der Waals surface area contributed by atoms with Gasteiger partial charge in [0.1, 0.15) is 0 Å². The molecule has 18 heavy (non-hydrogen) atoms. The molecule has 0 unspecified atom stereocenters.